The van der Waals surface area contributed by atoms with Gasteiger partial charge in [-0.1, -0.05) is 20.3 Å². The first-order valence-corrected chi connectivity index (χ1v) is 4.90. The SMILES string of the molecule is CCC(C)CCC(=O)OCC(C)O. The Hall–Kier alpha value is -0.570. The second kappa shape index (κ2) is 6.89. The maximum atomic E-state index is 11.0. The van der Waals surface area contributed by atoms with Gasteiger partial charge in [0.2, 0.25) is 0 Å². The van der Waals surface area contributed by atoms with Crippen molar-refractivity contribution in [2.75, 3.05) is 6.61 Å². The molecule has 2 unspecified atom stereocenters. The Morgan fingerprint density at radius 2 is 2.08 bits per heavy atom. The molecule has 78 valence electrons. The highest BCUT2D eigenvalue weighted by Gasteiger charge is 2.07. The first kappa shape index (κ1) is 12.4. The molecular weight excluding hydrogens is 168 g/mol. The number of esters is 1. The number of aliphatic hydroxyl groups is 1. The predicted molar refractivity (Wildman–Crippen MR) is 51.3 cm³/mol. The summed E-state index contributed by atoms with van der Waals surface area (Å²) in [6.07, 6.45) is 1.85. The summed E-state index contributed by atoms with van der Waals surface area (Å²) in [5, 5.41) is 8.85. The number of rotatable bonds is 6. The van der Waals surface area contributed by atoms with Gasteiger partial charge in [-0.3, -0.25) is 4.79 Å². The quantitative estimate of drug-likeness (QED) is 0.646. The van der Waals surface area contributed by atoms with Gasteiger partial charge < -0.3 is 9.84 Å². The lowest BCUT2D eigenvalue weighted by Crippen LogP contribution is -2.15. The van der Waals surface area contributed by atoms with Gasteiger partial charge in [-0.2, -0.15) is 0 Å². The minimum atomic E-state index is -0.562. The third kappa shape index (κ3) is 7.78. The highest BCUT2D eigenvalue weighted by Crippen LogP contribution is 2.09. The van der Waals surface area contributed by atoms with Crippen LogP contribution in [0, 0.1) is 5.92 Å². The van der Waals surface area contributed by atoms with Gasteiger partial charge in [-0.15, -0.1) is 0 Å². The van der Waals surface area contributed by atoms with E-state index in [1.165, 1.54) is 0 Å². The molecule has 0 spiro atoms. The van der Waals surface area contributed by atoms with E-state index in [0.717, 1.165) is 12.8 Å². The van der Waals surface area contributed by atoms with Crippen molar-refractivity contribution >= 4 is 5.97 Å². The molecule has 0 bridgehead atoms. The number of ether oxygens (including phenoxy) is 1. The van der Waals surface area contributed by atoms with Crippen LogP contribution in [0.3, 0.4) is 0 Å². The van der Waals surface area contributed by atoms with Gasteiger partial charge in [0.05, 0.1) is 6.10 Å². The number of hydrogen-bond acceptors (Lipinski definition) is 3. The zero-order valence-corrected chi connectivity index (χ0v) is 8.75. The van der Waals surface area contributed by atoms with Crippen LogP contribution in [0.1, 0.15) is 40.0 Å². The van der Waals surface area contributed by atoms with E-state index in [4.69, 9.17) is 9.84 Å². The van der Waals surface area contributed by atoms with Crippen molar-refractivity contribution in [3.63, 3.8) is 0 Å². The van der Waals surface area contributed by atoms with Crippen molar-refractivity contribution < 1.29 is 14.6 Å². The molecule has 0 heterocycles. The zero-order valence-electron chi connectivity index (χ0n) is 8.75. The van der Waals surface area contributed by atoms with Crippen molar-refractivity contribution in [1.82, 2.24) is 0 Å². The van der Waals surface area contributed by atoms with E-state index in [1.807, 2.05) is 0 Å². The predicted octanol–water partition coefficient (Wildman–Crippen LogP) is 1.74. The standard InChI is InChI=1S/C10H20O3/c1-4-8(2)5-6-10(12)13-7-9(3)11/h8-9,11H,4-7H2,1-3H3. The fourth-order valence-electron chi connectivity index (χ4n) is 0.854. The van der Waals surface area contributed by atoms with Crippen molar-refractivity contribution in [2.24, 2.45) is 5.92 Å². The molecule has 13 heavy (non-hydrogen) atoms. The highest BCUT2D eigenvalue weighted by atomic mass is 16.5. The molecule has 0 amide bonds. The summed E-state index contributed by atoms with van der Waals surface area (Å²) in [5.41, 5.74) is 0. The van der Waals surface area contributed by atoms with Crippen molar-refractivity contribution in [3.8, 4) is 0 Å². The molecule has 0 aromatic carbocycles. The first-order valence-electron chi connectivity index (χ1n) is 4.90. The van der Waals surface area contributed by atoms with E-state index >= 15 is 0 Å². The van der Waals surface area contributed by atoms with Crippen LogP contribution in [0.15, 0.2) is 0 Å². The van der Waals surface area contributed by atoms with Crippen LogP contribution in [0.25, 0.3) is 0 Å². The van der Waals surface area contributed by atoms with Crippen molar-refractivity contribution in [1.29, 1.82) is 0 Å². The van der Waals surface area contributed by atoms with Crippen LogP contribution in [-0.4, -0.2) is 23.8 Å². The lowest BCUT2D eigenvalue weighted by Gasteiger charge is -2.09. The number of carbonyl (C=O) groups excluding carboxylic acids is 1. The lowest BCUT2D eigenvalue weighted by molar-refractivity contribution is -0.146. The zero-order chi connectivity index (χ0) is 10.3. The molecule has 0 aromatic rings. The van der Waals surface area contributed by atoms with E-state index in [-0.39, 0.29) is 12.6 Å². The van der Waals surface area contributed by atoms with Crippen LogP contribution in [0.4, 0.5) is 0 Å². The summed E-state index contributed by atoms with van der Waals surface area (Å²) < 4.78 is 4.81. The van der Waals surface area contributed by atoms with Gasteiger partial charge in [0, 0.05) is 6.42 Å². The number of aliphatic hydroxyl groups excluding tert-OH is 1. The molecule has 0 aliphatic heterocycles. The molecule has 0 radical (unpaired) electrons. The Morgan fingerprint density at radius 3 is 2.54 bits per heavy atom. The number of carbonyl (C=O) groups is 1. The van der Waals surface area contributed by atoms with E-state index in [9.17, 15) is 4.79 Å². The summed E-state index contributed by atoms with van der Waals surface area (Å²) in [4.78, 5) is 11.0. The van der Waals surface area contributed by atoms with Crippen molar-refractivity contribution in [3.05, 3.63) is 0 Å². The largest absolute Gasteiger partial charge is 0.463 e. The minimum Gasteiger partial charge on any atom is -0.463 e. The van der Waals surface area contributed by atoms with Crippen LogP contribution in [0.5, 0.6) is 0 Å². The molecule has 0 aliphatic carbocycles. The third-order valence-corrected chi connectivity index (χ3v) is 2.02. The average molecular weight is 188 g/mol. The van der Waals surface area contributed by atoms with Crippen LogP contribution in [-0.2, 0) is 9.53 Å². The summed E-state index contributed by atoms with van der Waals surface area (Å²) in [7, 11) is 0. The Bertz CT molecular complexity index is 143. The first-order chi connectivity index (χ1) is 6.06. The fourth-order valence-corrected chi connectivity index (χ4v) is 0.854. The molecule has 1 N–H and O–H groups in total. The molecule has 0 saturated heterocycles. The van der Waals surface area contributed by atoms with Gasteiger partial charge in [0.1, 0.15) is 6.61 Å². The molecule has 0 saturated carbocycles. The topological polar surface area (TPSA) is 46.5 Å². The van der Waals surface area contributed by atoms with Gasteiger partial charge in [0.25, 0.3) is 0 Å². The monoisotopic (exact) mass is 188 g/mol. The van der Waals surface area contributed by atoms with E-state index in [1.54, 1.807) is 6.92 Å². The maximum Gasteiger partial charge on any atom is 0.305 e. The molecule has 2 atom stereocenters. The Kier molecular flexibility index (Phi) is 6.59. The van der Waals surface area contributed by atoms with E-state index in [0.29, 0.717) is 12.3 Å². The van der Waals surface area contributed by atoms with E-state index in [2.05, 4.69) is 13.8 Å². The normalized spacial score (nSPS) is 15.1. The van der Waals surface area contributed by atoms with Crippen molar-refractivity contribution in [2.45, 2.75) is 46.1 Å². The van der Waals surface area contributed by atoms with Crippen LogP contribution in [0.2, 0.25) is 0 Å². The molecule has 3 nitrogen and oxygen atoms in total. The van der Waals surface area contributed by atoms with Gasteiger partial charge in [-0.25, -0.2) is 0 Å². The minimum absolute atomic E-state index is 0.110. The Balaban J connectivity index is 3.40. The van der Waals surface area contributed by atoms with Gasteiger partial charge in [-0.05, 0) is 19.3 Å². The van der Waals surface area contributed by atoms with Gasteiger partial charge >= 0.3 is 5.97 Å². The lowest BCUT2D eigenvalue weighted by atomic mass is 10.0. The van der Waals surface area contributed by atoms with Gasteiger partial charge in [0.15, 0.2) is 0 Å². The second-order valence-electron chi connectivity index (χ2n) is 3.58. The van der Waals surface area contributed by atoms with E-state index < -0.39 is 6.10 Å². The summed E-state index contributed by atoms with van der Waals surface area (Å²) in [5.74, 6) is 0.361. The average Bonchev–Trinajstić information content (AvgIpc) is 2.10. The molecule has 0 aliphatic rings. The third-order valence-electron chi connectivity index (χ3n) is 2.02. The molecule has 3 heteroatoms. The molecule has 0 fully saturated rings. The second-order valence-corrected chi connectivity index (χ2v) is 3.58. The summed E-state index contributed by atoms with van der Waals surface area (Å²) >= 11 is 0. The van der Waals surface area contributed by atoms with Crippen LogP contribution < -0.4 is 0 Å². The summed E-state index contributed by atoms with van der Waals surface area (Å²) in [6, 6.07) is 0. The smallest absolute Gasteiger partial charge is 0.305 e. The Labute approximate surface area is 80.1 Å². The maximum absolute atomic E-state index is 11.0. The fraction of sp³-hybridized carbons (Fsp3) is 0.900. The number of hydrogen-bond donors (Lipinski definition) is 1. The Morgan fingerprint density at radius 1 is 1.46 bits per heavy atom. The summed E-state index contributed by atoms with van der Waals surface area (Å²) in [6.45, 7) is 5.93. The highest BCUT2D eigenvalue weighted by molar-refractivity contribution is 5.69. The molecule has 0 rings (SSSR count). The molecular formula is C10H20O3. The molecule has 0 aromatic heterocycles. The van der Waals surface area contributed by atoms with Crippen LogP contribution >= 0.6 is 0 Å².